The average molecular weight is 408 g/mol. The van der Waals surface area contributed by atoms with E-state index in [1.165, 1.54) is 37.7 Å². The SMILES string of the molecule is S=C(NCc1cccc(-c2nc(-c3ccccc3)cs2)c1)NC1CCCCC1. The van der Waals surface area contributed by atoms with Crippen LogP contribution in [0, 0.1) is 0 Å². The standard InChI is InChI=1S/C23H25N3S2/c27-23(25-20-12-5-2-6-13-20)24-15-17-8-7-11-19(14-17)22-26-21(16-28-22)18-9-3-1-4-10-18/h1,3-4,7-11,14,16,20H,2,5-6,12-13,15H2,(H2,24,25,27). The van der Waals surface area contributed by atoms with Crippen LogP contribution in [0.25, 0.3) is 21.8 Å². The third-order valence-corrected chi connectivity index (χ3v) is 6.29. The van der Waals surface area contributed by atoms with Crippen molar-refractivity contribution < 1.29 is 0 Å². The Bertz CT molecular complexity index is 914. The van der Waals surface area contributed by atoms with Crippen molar-refractivity contribution in [2.75, 3.05) is 0 Å². The number of nitrogens with one attached hydrogen (secondary N) is 2. The van der Waals surface area contributed by atoms with Gasteiger partial charge in [-0.1, -0.05) is 67.8 Å². The Hall–Kier alpha value is -2.24. The van der Waals surface area contributed by atoms with E-state index in [1.807, 2.05) is 18.2 Å². The first-order chi connectivity index (χ1) is 13.8. The Kier molecular flexibility index (Phi) is 6.34. The molecule has 3 nitrogen and oxygen atoms in total. The van der Waals surface area contributed by atoms with Crippen molar-refractivity contribution in [2.24, 2.45) is 0 Å². The maximum atomic E-state index is 5.49. The fraction of sp³-hybridized carbons (Fsp3) is 0.304. The highest BCUT2D eigenvalue weighted by Gasteiger charge is 2.14. The van der Waals surface area contributed by atoms with Crippen LogP contribution in [0.1, 0.15) is 37.7 Å². The lowest BCUT2D eigenvalue weighted by Gasteiger charge is -2.24. The molecule has 0 saturated heterocycles. The van der Waals surface area contributed by atoms with Crippen molar-refractivity contribution in [1.82, 2.24) is 15.6 Å². The van der Waals surface area contributed by atoms with Gasteiger partial charge in [0.25, 0.3) is 0 Å². The fourth-order valence-electron chi connectivity index (χ4n) is 3.63. The first-order valence-electron chi connectivity index (χ1n) is 9.92. The Morgan fingerprint density at radius 3 is 2.61 bits per heavy atom. The van der Waals surface area contributed by atoms with E-state index >= 15 is 0 Å². The molecular formula is C23H25N3S2. The summed E-state index contributed by atoms with van der Waals surface area (Å²) in [5.74, 6) is 0. The first kappa shape index (κ1) is 19.1. The van der Waals surface area contributed by atoms with E-state index in [-0.39, 0.29) is 0 Å². The number of hydrogen-bond acceptors (Lipinski definition) is 3. The lowest BCUT2D eigenvalue weighted by atomic mass is 9.96. The van der Waals surface area contributed by atoms with Crippen LogP contribution >= 0.6 is 23.6 Å². The summed E-state index contributed by atoms with van der Waals surface area (Å²) in [7, 11) is 0. The molecule has 1 aliphatic carbocycles. The van der Waals surface area contributed by atoms with Crippen LogP contribution in [-0.2, 0) is 6.54 Å². The van der Waals surface area contributed by atoms with Crippen LogP contribution in [0.3, 0.4) is 0 Å². The topological polar surface area (TPSA) is 37.0 Å². The normalized spacial score (nSPS) is 14.6. The zero-order chi connectivity index (χ0) is 19.2. The van der Waals surface area contributed by atoms with Gasteiger partial charge in [-0.3, -0.25) is 0 Å². The van der Waals surface area contributed by atoms with Crippen LogP contribution in [0.15, 0.2) is 60.0 Å². The molecule has 1 fully saturated rings. The number of hydrogen-bond donors (Lipinski definition) is 2. The molecule has 1 heterocycles. The summed E-state index contributed by atoms with van der Waals surface area (Å²) in [6, 6.07) is 19.4. The molecule has 5 heteroatoms. The van der Waals surface area contributed by atoms with E-state index in [9.17, 15) is 0 Å². The molecule has 1 saturated carbocycles. The summed E-state index contributed by atoms with van der Waals surface area (Å²) in [6.07, 6.45) is 6.42. The fourth-order valence-corrected chi connectivity index (χ4v) is 4.69. The van der Waals surface area contributed by atoms with Crippen LogP contribution in [-0.4, -0.2) is 16.1 Å². The molecule has 144 valence electrons. The molecule has 2 aromatic carbocycles. The Labute approximate surface area is 176 Å². The summed E-state index contributed by atoms with van der Waals surface area (Å²) in [6.45, 7) is 0.726. The number of nitrogens with zero attached hydrogens (tertiary/aromatic N) is 1. The molecule has 4 rings (SSSR count). The molecule has 0 aliphatic heterocycles. The lowest BCUT2D eigenvalue weighted by molar-refractivity contribution is 0.412. The van der Waals surface area contributed by atoms with Crippen molar-refractivity contribution in [3.63, 3.8) is 0 Å². The van der Waals surface area contributed by atoms with Gasteiger partial charge in [0, 0.05) is 29.1 Å². The van der Waals surface area contributed by atoms with Gasteiger partial charge in [-0.15, -0.1) is 11.3 Å². The van der Waals surface area contributed by atoms with Crippen LogP contribution < -0.4 is 10.6 Å². The zero-order valence-electron chi connectivity index (χ0n) is 15.9. The van der Waals surface area contributed by atoms with Crippen molar-refractivity contribution in [2.45, 2.75) is 44.7 Å². The molecule has 0 radical (unpaired) electrons. The minimum Gasteiger partial charge on any atom is -0.360 e. The van der Waals surface area contributed by atoms with E-state index in [0.717, 1.165) is 33.5 Å². The summed E-state index contributed by atoms with van der Waals surface area (Å²) >= 11 is 7.17. The highest BCUT2D eigenvalue weighted by Crippen LogP contribution is 2.29. The predicted molar refractivity (Wildman–Crippen MR) is 122 cm³/mol. The molecular weight excluding hydrogens is 382 g/mol. The van der Waals surface area contributed by atoms with Gasteiger partial charge < -0.3 is 10.6 Å². The summed E-state index contributed by atoms with van der Waals surface area (Å²) in [4.78, 5) is 4.82. The van der Waals surface area contributed by atoms with Crippen molar-refractivity contribution in [3.8, 4) is 21.8 Å². The first-order valence-corrected chi connectivity index (χ1v) is 11.2. The summed E-state index contributed by atoms with van der Waals surface area (Å²) in [5.41, 5.74) is 4.54. The van der Waals surface area contributed by atoms with Gasteiger partial charge in [0.2, 0.25) is 0 Å². The Morgan fingerprint density at radius 2 is 1.79 bits per heavy atom. The Balaban J connectivity index is 1.38. The molecule has 1 aliphatic rings. The second-order valence-electron chi connectivity index (χ2n) is 7.27. The molecule has 28 heavy (non-hydrogen) atoms. The smallest absolute Gasteiger partial charge is 0.166 e. The third kappa shape index (κ3) is 4.97. The lowest BCUT2D eigenvalue weighted by Crippen LogP contribution is -2.42. The molecule has 1 aromatic heterocycles. The van der Waals surface area contributed by atoms with Crippen molar-refractivity contribution >= 4 is 28.7 Å². The number of aromatic nitrogens is 1. The molecule has 0 amide bonds. The monoisotopic (exact) mass is 407 g/mol. The summed E-state index contributed by atoms with van der Waals surface area (Å²) in [5, 5.41) is 10.8. The van der Waals surface area contributed by atoms with Gasteiger partial charge in [0.05, 0.1) is 5.69 Å². The van der Waals surface area contributed by atoms with Gasteiger partial charge in [-0.25, -0.2) is 4.98 Å². The van der Waals surface area contributed by atoms with Crippen molar-refractivity contribution in [3.05, 3.63) is 65.5 Å². The van der Waals surface area contributed by atoms with E-state index in [0.29, 0.717) is 6.04 Å². The van der Waals surface area contributed by atoms with E-state index in [4.69, 9.17) is 17.2 Å². The highest BCUT2D eigenvalue weighted by molar-refractivity contribution is 7.80. The van der Waals surface area contributed by atoms with E-state index in [2.05, 4.69) is 52.4 Å². The van der Waals surface area contributed by atoms with Crippen molar-refractivity contribution in [1.29, 1.82) is 0 Å². The predicted octanol–water partition coefficient (Wildman–Crippen LogP) is 5.77. The quantitative estimate of drug-likeness (QED) is 0.526. The maximum Gasteiger partial charge on any atom is 0.166 e. The third-order valence-electron chi connectivity index (χ3n) is 5.14. The van der Waals surface area contributed by atoms with Gasteiger partial charge >= 0.3 is 0 Å². The molecule has 0 spiro atoms. The van der Waals surface area contributed by atoms with E-state index in [1.54, 1.807) is 11.3 Å². The maximum absolute atomic E-state index is 5.49. The molecule has 0 bridgehead atoms. The highest BCUT2D eigenvalue weighted by atomic mass is 32.1. The van der Waals surface area contributed by atoms with Crippen LogP contribution in [0.2, 0.25) is 0 Å². The average Bonchev–Trinajstić information content (AvgIpc) is 3.24. The number of thiazole rings is 1. The summed E-state index contributed by atoms with van der Waals surface area (Å²) < 4.78 is 0. The number of benzene rings is 2. The van der Waals surface area contributed by atoms with Crippen LogP contribution in [0.4, 0.5) is 0 Å². The molecule has 0 atom stereocenters. The van der Waals surface area contributed by atoms with Gasteiger partial charge in [0.1, 0.15) is 5.01 Å². The minimum atomic E-state index is 0.534. The van der Waals surface area contributed by atoms with E-state index < -0.39 is 0 Å². The van der Waals surface area contributed by atoms with Gasteiger partial charge in [-0.2, -0.15) is 0 Å². The number of thiocarbonyl (C=S) groups is 1. The molecule has 3 aromatic rings. The Morgan fingerprint density at radius 1 is 1.00 bits per heavy atom. The largest absolute Gasteiger partial charge is 0.360 e. The zero-order valence-corrected chi connectivity index (χ0v) is 17.5. The number of rotatable bonds is 5. The molecule has 2 N–H and O–H groups in total. The van der Waals surface area contributed by atoms with Gasteiger partial charge in [0.15, 0.2) is 5.11 Å². The van der Waals surface area contributed by atoms with Gasteiger partial charge in [-0.05, 0) is 36.7 Å². The van der Waals surface area contributed by atoms with Crippen LogP contribution in [0.5, 0.6) is 0 Å². The minimum absolute atomic E-state index is 0.534. The molecule has 0 unspecified atom stereocenters. The second-order valence-corrected chi connectivity index (χ2v) is 8.53. The second kappa shape index (κ2) is 9.30.